The first-order valence-electron chi connectivity index (χ1n) is 3.30. The van der Waals surface area contributed by atoms with Crippen LogP contribution in [-0.2, 0) is 9.53 Å². The van der Waals surface area contributed by atoms with Crippen LogP contribution in [0.4, 0.5) is 0 Å². The third-order valence-corrected chi connectivity index (χ3v) is 1.33. The van der Waals surface area contributed by atoms with Gasteiger partial charge < -0.3 is 4.74 Å². The monoisotopic (exact) mass is 166 g/mol. The van der Waals surface area contributed by atoms with Crippen molar-refractivity contribution in [3.8, 4) is 0 Å². The van der Waals surface area contributed by atoms with Gasteiger partial charge in [0, 0.05) is 0 Å². The summed E-state index contributed by atoms with van der Waals surface area (Å²) in [7, 11) is 1.43. The van der Waals surface area contributed by atoms with Gasteiger partial charge in [-0.3, -0.25) is 4.79 Å². The first-order chi connectivity index (χ1) is 4.22. The van der Waals surface area contributed by atoms with Gasteiger partial charge in [-0.15, -0.1) is 12.4 Å². The molecule has 2 nitrogen and oxygen atoms in total. The number of ether oxygens (including phenoxy) is 1. The third-order valence-electron chi connectivity index (χ3n) is 1.33. The summed E-state index contributed by atoms with van der Waals surface area (Å²) in [6.45, 7) is 3.94. The van der Waals surface area contributed by atoms with Gasteiger partial charge in [0.2, 0.25) is 0 Å². The van der Waals surface area contributed by atoms with Crippen LogP contribution in [0.5, 0.6) is 0 Å². The average Bonchev–Trinajstić information content (AvgIpc) is 1.87. The lowest BCUT2D eigenvalue weighted by atomic mass is 10.1. The molecular weight excluding hydrogens is 152 g/mol. The summed E-state index contributed by atoms with van der Waals surface area (Å²) >= 11 is 0. The van der Waals surface area contributed by atoms with Crippen molar-refractivity contribution in [1.29, 1.82) is 0 Å². The Kier molecular flexibility index (Phi) is 8.55. The van der Waals surface area contributed by atoms with E-state index in [2.05, 4.69) is 11.7 Å². The fraction of sp³-hybridized carbons (Fsp3) is 0.857. The maximum Gasteiger partial charge on any atom is 0.308 e. The Bertz CT molecular complexity index is 93.6. The lowest BCUT2D eigenvalue weighted by Gasteiger charge is -2.05. The van der Waals surface area contributed by atoms with Gasteiger partial charge in [-0.05, 0) is 6.42 Å². The van der Waals surface area contributed by atoms with Crippen molar-refractivity contribution in [3.63, 3.8) is 0 Å². The van der Waals surface area contributed by atoms with E-state index in [4.69, 9.17) is 0 Å². The van der Waals surface area contributed by atoms with Crippen LogP contribution in [0.1, 0.15) is 26.7 Å². The molecule has 0 aromatic heterocycles. The molecule has 0 saturated carbocycles. The van der Waals surface area contributed by atoms with Gasteiger partial charge in [-0.2, -0.15) is 0 Å². The predicted molar refractivity (Wildman–Crippen MR) is 43.3 cm³/mol. The summed E-state index contributed by atoms with van der Waals surface area (Å²) in [5.74, 6) is -0.0307. The van der Waals surface area contributed by atoms with Gasteiger partial charge in [0.15, 0.2) is 0 Å². The van der Waals surface area contributed by atoms with Crippen LogP contribution in [0, 0.1) is 5.92 Å². The maximum absolute atomic E-state index is 10.7. The highest BCUT2D eigenvalue weighted by molar-refractivity contribution is 5.85. The van der Waals surface area contributed by atoms with Gasteiger partial charge in [0.05, 0.1) is 13.0 Å². The second-order valence-corrected chi connectivity index (χ2v) is 2.21. The lowest BCUT2D eigenvalue weighted by Crippen LogP contribution is -2.11. The molecule has 0 N–H and O–H groups in total. The standard InChI is InChI=1S/C7H14O2.ClH/c1-4-5-6(2)7(8)9-3;/h6H,4-5H2,1-3H3;1H. The normalized spacial score (nSPS) is 11.5. The molecule has 62 valence electrons. The van der Waals surface area contributed by atoms with Gasteiger partial charge in [0.1, 0.15) is 0 Å². The minimum absolute atomic E-state index is 0. The molecule has 0 heterocycles. The molecule has 1 unspecified atom stereocenters. The molecule has 3 heteroatoms. The second-order valence-electron chi connectivity index (χ2n) is 2.21. The summed E-state index contributed by atoms with van der Waals surface area (Å²) in [5.41, 5.74) is 0. The minimum Gasteiger partial charge on any atom is -0.469 e. The Labute approximate surface area is 68.4 Å². The third kappa shape index (κ3) is 4.62. The summed E-state index contributed by atoms with van der Waals surface area (Å²) in [6, 6.07) is 0. The van der Waals surface area contributed by atoms with E-state index in [0.29, 0.717) is 0 Å². The van der Waals surface area contributed by atoms with E-state index in [-0.39, 0.29) is 24.3 Å². The topological polar surface area (TPSA) is 26.3 Å². The molecule has 0 aromatic rings. The van der Waals surface area contributed by atoms with E-state index in [1.807, 2.05) is 6.92 Å². The van der Waals surface area contributed by atoms with Crippen molar-refractivity contribution in [2.75, 3.05) is 7.11 Å². The Hall–Kier alpha value is -0.240. The number of methoxy groups -OCH3 is 1. The molecule has 0 spiro atoms. The van der Waals surface area contributed by atoms with Crippen molar-refractivity contribution >= 4 is 18.4 Å². The Morgan fingerprint density at radius 1 is 1.60 bits per heavy atom. The summed E-state index contributed by atoms with van der Waals surface area (Å²) in [6.07, 6.45) is 1.96. The number of rotatable bonds is 3. The number of esters is 1. The molecule has 0 aliphatic heterocycles. The molecule has 0 aromatic carbocycles. The van der Waals surface area contributed by atoms with Gasteiger partial charge in [-0.25, -0.2) is 0 Å². The second kappa shape index (κ2) is 6.87. The van der Waals surface area contributed by atoms with E-state index < -0.39 is 0 Å². The molecule has 10 heavy (non-hydrogen) atoms. The van der Waals surface area contributed by atoms with Crippen molar-refractivity contribution < 1.29 is 9.53 Å². The van der Waals surface area contributed by atoms with E-state index in [1.54, 1.807) is 0 Å². The van der Waals surface area contributed by atoms with Crippen LogP contribution in [0.15, 0.2) is 0 Å². The highest BCUT2D eigenvalue weighted by Gasteiger charge is 2.10. The SMILES string of the molecule is CCCC(C)C(=O)OC.Cl. The largest absolute Gasteiger partial charge is 0.469 e. The minimum atomic E-state index is -0.100. The van der Waals surface area contributed by atoms with E-state index in [1.165, 1.54) is 7.11 Å². The Morgan fingerprint density at radius 3 is 2.40 bits per heavy atom. The van der Waals surface area contributed by atoms with Crippen LogP contribution >= 0.6 is 12.4 Å². The van der Waals surface area contributed by atoms with E-state index in [0.717, 1.165) is 12.8 Å². The number of halogens is 1. The van der Waals surface area contributed by atoms with E-state index >= 15 is 0 Å². The first kappa shape index (κ1) is 12.4. The smallest absolute Gasteiger partial charge is 0.308 e. The van der Waals surface area contributed by atoms with Gasteiger partial charge in [0.25, 0.3) is 0 Å². The number of hydrogen-bond acceptors (Lipinski definition) is 2. The zero-order valence-corrected chi connectivity index (χ0v) is 7.53. The fourth-order valence-corrected chi connectivity index (χ4v) is 0.752. The molecule has 1 atom stereocenters. The number of hydrogen-bond donors (Lipinski definition) is 0. The molecule has 0 saturated heterocycles. The van der Waals surface area contributed by atoms with Crippen LogP contribution < -0.4 is 0 Å². The highest BCUT2D eigenvalue weighted by atomic mass is 35.5. The van der Waals surface area contributed by atoms with Crippen molar-refractivity contribution in [1.82, 2.24) is 0 Å². The quantitative estimate of drug-likeness (QED) is 0.600. The maximum atomic E-state index is 10.7. The average molecular weight is 167 g/mol. The predicted octanol–water partition coefficient (Wildman–Crippen LogP) is 2.02. The zero-order chi connectivity index (χ0) is 7.28. The van der Waals surface area contributed by atoms with Crippen LogP contribution in [0.3, 0.4) is 0 Å². The van der Waals surface area contributed by atoms with Crippen molar-refractivity contribution in [2.24, 2.45) is 5.92 Å². The molecule has 0 amide bonds. The molecular formula is C7H15ClO2. The molecule has 0 rings (SSSR count). The summed E-state index contributed by atoms with van der Waals surface area (Å²) in [4.78, 5) is 10.7. The van der Waals surface area contributed by atoms with Crippen LogP contribution in [0.25, 0.3) is 0 Å². The summed E-state index contributed by atoms with van der Waals surface area (Å²) < 4.78 is 4.53. The zero-order valence-electron chi connectivity index (χ0n) is 6.72. The summed E-state index contributed by atoms with van der Waals surface area (Å²) in [5, 5.41) is 0. The highest BCUT2D eigenvalue weighted by Crippen LogP contribution is 2.05. The van der Waals surface area contributed by atoms with Gasteiger partial charge >= 0.3 is 5.97 Å². The Morgan fingerprint density at radius 2 is 2.10 bits per heavy atom. The molecule has 0 aliphatic rings. The Balaban J connectivity index is 0. The molecule has 0 aliphatic carbocycles. The number of carbonyl (C=O) groups excluding carboxylic acids is 1. The van der Waals surface area contributed by atoms with Gasteiger partial charge in [-0.1, -0.05) is 20.3 Å². The first-order valence-corrected chi connectivity index (χ1v) is 3.30. The van der Waals surface area contributed by atoms with Crippen LogP contribution in [-0.4, -0.2) is 13.1 Å². The fourth-order valence-electron chi connectivity index (χ4n) is 0.752. The van der Waals surface area contributed by atoms with Crippen LogP contribution in [0.2, 0.25) is 0 Å². The van der Waals surface area contributed by atoms with E-state index in [9.17, 15) is 4.79 Å². The molecule has 0 fully saturated rings. The van der Waals surface area contributed by atoms with Crippen molar-refractivity contribution in [3.05, 3.63) is 0 Å². The lowest BCUT2D eigenvalue weighted by molar-refractivity contribution is -0.145. The molecule has 0 bridgehead atoms. The van der Waals surface area contributed by atoms with Crippen molar-refractivity contribution in [2.45, 2.75) is 26.7 Å². The molecule has 0 radical (unpaired) electrons. The number of carbonyl (C=O) groups is 1.